The van der Waals surface area contributed by atoms with Gasteiger partial charge in [-0.1, -0.05) is 55.3 Å². The second-order valence-electron chi connectivity index (χ2n) is 8.56. The second kappa shape index (κ2) is 11.1. The number of halogens is 1. The normalized spacial score (nSPS) is 11.2. The number of unbranched alkanes of at least 4 members (excludes halogenated alkanes) is 3. The molecule has 4 rings (SSSR count). The molecule has 0 aliphatic carbocycles. The summed E-state index contributed by atoms with van der Waals surface area (Å²) in [5, 5.41) is 8.99. The first kappa shape index (κ1) is 23.0. The van der Waals surface area contributed by atoms with Gasteiger partial charge in [0, 0.05) is 30.6 Å². The van der Waals surface area contributed by atoms with E-state index in [1.165, 1.54) is 11.6 Å². The van der Waals surface area contributed by atoms with Gasteiger partial charge in [-0.05, 0) is 55.6 Å². The highest BCUT2D eigenvalue weighted by molar-refractivity contribution is 5.93. The summed E-state index contributed by atoms with van der Waals surface area (Å²) in [5.41, 5.74) is 4.64. The largest absolute Gasteiger partial charge is 0.493 e. The molecule has 0 aliphatic rings. The second-order valence-corrected chi connectivity index (χ2v) is 8.56. The molecule has 33 heavy (non-hydrogen) atoms. The number of hydrogen-bond acceptors (Lipinski definition) is 3. The minimum atomic E-state index is -0.308. The lowest BCUT2D eigenvalue weighted by Crippen LogP contribution is -2.14. The van der Waals surface area contributed by atoms with Crippen molar-refractivity contribution in [3.63, 3.8) is 0 Å². The highest BCUT2D eigenvalue weighted by Gasteiger charge is 2.15. The number of rotatable bonds is 11. The van der Waals surface area contributed by atoms with Crippen molar-refractivity contribution in [2.45, 2.75) is 39.2 Å². The summed E-state index contributed by atoms with van der Waals surface area (Å²) in [7, 11) is 1.89. The van der Waals surface area contributed by atoms with Crippen molar-refractivity contribution in [1.29, 1.82) is 0 Å². The molecule has 4 aromatic rings. The molecule has 1 N–H and O–H groups in total. The zero-order chi connectivity index (χ0) is 23.0. The van der Waals surface area contributed by atoms with Crippen LogP contribution in [-0.4, -0.2) is 22.9 Å². The summed E-state index contributed by atoms with van der Waals surface area (Å²) in [6.45, 7) is 4.58. The van der Waals surface area contributed by atoms with E-state index in [0.29, 0.717) is 23.6 Å². The summed E-state index contributed by atoms with van der Waals surface area (Å²) >= 11 is 0. The fourth-order valence-electron chi connectivity index (χ4n) is 4.07. The number of fused-ring (bicyclic) bond motifs is 1. The van der Waals surface area contributed by atoms with Gasteiger partial charge in [-0.3, -0.25) is 4.68 Å². The van der Waals surface area contributed by atoms with Gasteiger partial charge in [0.05, 0.1) is 12.1 Å². The summed E-state index contributed by atoms with van der Waals surface area (Å²) in [4.78, 5) is 0. The SMILES string of the molecule is Cc1ccc2c(-c3ccc(OCCCCCCNCc4ccccc4)cc3F)nn(C)c2c1. The van der Waals surface area contributed by atoms with E-state index >= 15 is 0 Å². The van der Waals surface area contributed by atoms with Gasteiger partial charge in [0.15, 0.2) is 0 Å². The lowest BCUT2D eigenvalue weighted by atomic mass is 10.1. The first-order valence-electron chi connectivity index (χ1n) is 11.7. The van der Waals surface area contributed by atoms with E-state index in [4.69, 9.17) is 4.74 Å². The molecule has 1 heterocycles. The molecule has 5 heteroatoms. The van der Waals surface area contributed by atoms with Crippen molar-refractivity contribution in [3.05, 3.63) is 83.7 Å². The van der Waals surface area contributed by atoms with Crippen LogP contribution >= 0.6 is 0 Å². The molecule has 0 fully saturated rings. The van der Waals surface area contributed by atoms with Crippen molar-refractivity contribution >= 4 is 10.9 Å². The molecular weight excluding hydrogens is 413 g/mol. The molecule has 0 aliphatic heterocycles. The average Bonchev–Trinajstić information content (AvgIpc) is 3.14. The number of aromatic nitrogens is 2. The highest BCUT2D eigenvalue weighted by Crippen LogP contribution is 2.31. The molecule has 1 aromatic heterocycles. The van der Waals surface area contributed by atoms with Gasteiger partial charge in [-0.25, -0.2) is 4.39 Å². The first-order chi connectivity index (χ1) is 16.1. The fraction of sp³-hybridized carbons (Fsp3) is 0.321. The predicted octanol–water partition coefficient (Wildman–Crippen LogP) is 6.42. The van der Waals surface area contributed by atoms with Gasteiger partial charge in [0.1, 0.15) is 17.3 Å². The molecule has 4 nitrogen and oxygen atoms in total. The molecule has 0 saturated carbocycles. The third-order valence-corrected chi connectivity index (χ3v) is 5.89. The Bertz CT molecular complexity index is 1190. The Morgan fingerprint density at radius 1 is 0.939 bits per heavy atom. The topological polar surface area (TPSA) is 39.1 Å². The summed E-state index contributed by atoms with van der Waals surface area (Å²) in [5.74, 6) is 0.259. The molecule has 0 amide bonds. The summed E-state index contributed by atoms with van der Waals surface area (Å²) in [6.07, 6.45) is 4.37. The standard InChI is InChI=1S/C28H32FN3O/c1-21-12-14-25-27(18-21)32(2)31-28(25)24-15-13-23(19-26(24)29)33-17-9-4-3-8-16-30-20-22-10-6-5-7-11-22/h5-7,10-15,18-19,30H,3-4,8-9,16-17,20H2,1-2H3. The van der Waals surface area contributed by atoms with Crippen molar-refractivity contribution < 1.29 is 9.13 Å². The number of ether oxygens (including phenoxy) is 1. The quantitative estimate of drug-likeness (QED) is 0.271. The molecule has 3 aromatic carbocycles. The highest BCUT2D eigenvalue weighted by atomic mass is 19.1. The Hall–Kier alpha value is -3.18. The number of nitrogens with one attached hydrogen (secondary N) is 1. The Morgan fingerprint density at radius 2 is 1.76 bits per heavy atom. The van der Waals surface area contributed by atoms with Crippen LogP contribution in [0.5, 0.6) is 5.75 Å². The van der Waals surface area contributed by atoms with Gasteiger partial charge >= 0.3 is 0 Å². The molecule has 0 bridgehead atoms. The Kier molecular flexibility index (Phi) is 7.74. The van der Waals surface area contributed by atoms with Gasteiger partial charge in [0.25, 0.3) is 0 Å². The minimum Gasteiger partial charge on any atom is -0.493 e. The van der Waals surface area contributed by atoms with Crippen molar-refractivity contribution in [1.82, 2.24) is 15.1 Å². The van der Waals surface area contributed by atoms with Crippen LogP contribution in [0, 0.1) is 12.7 Å². The third kappa shape index (κ3) is 5.99. The number of benzene rings is 3. The monoisotopic (exact) mass is 445 g/mol. The first-order valence-corrected chi connectivity index (χ1v) is 11.7. The van der Waals surface area contributed by atoms with E-state index in [9.17, 15) is 4.39 Å². The van der Waals surface area contributed by atoms with Crippen LogP contribution in [0.25, 0.3) is 22.2 Å². The van der Waals surface area contributed by atoms with Crippen LogP contribution in [0.2, 0.25) is 0 Å². The van der Waals surface area contributed by atoms with E-state index in [1.807, 2.05) is 38.2 Å². The van der Waals surface area contributed by atoms with Crippen molar-refractivity contribution in [2.24, 2.45) is 7.05 Å². The lowest BCUT2D eigenvalue weighted by molar-refractivity contribution is 0.303. The molecular formula is C28H32FN3O. The predicted molar refractivity (Wildman–Crippen MR) is 133 cm³/mol. The van der Waals surface area contributed by atoms with Crippen LogP contribution in [0.1, 0.15) is 36.8 Å². The van der Waals surface area contributed by atoms with Crippen LogP contribution in [0.4, 0.5) is 4.39 Å². The Balaban J connectivity index is 1.20. The summed E-state index contributed by atoms with van der Waals surface area (Å²) in [6, 6.07) is 21.6. The molecule has 0 unspecified atom stereocenters. The van der Waals surface area contributed by atoms with Gasteiger partial charge in [-0.15, -0.1) is 0 Å². The maximum Gasteiger partial charge on any atom is 0.136 e. The van der Waals surface area contributed by atoms with Crippen molar-refractivity contribution in [2.75, 3.05) is 13.2 Å². The van der Waals surface area contributed by atoms with Crippen LogP contribution in [0.3, 0.4) is 0 Å². The molecule has 0 saturated heterocycles. The van der Waals surface area contributed by atoms with Crippen LogP contribution in [0.15, 0.2) is 66.7 Å². The van der Waals surface area contributed by atoms with E-state index < -0.39 is 0 Å². The average molecular weight is 446 g/mol. The van der Waals surface area contributed by atoms with E-state index in [1.54, 1.807) is 10.7 Å². The third-order valence-electron chi connectivity index (χ3n) is 5.89. The molecule has 172 valence electrons. The van der Waals surface area contributed by atoms with Crippen molar-refractivity contribution in [3.8, 4) is 17.0 Å². The van der Waals surface area contributed by atoms with Gasteiger partial charge < -0.3 is 10.1 Å². The van der Waals surface area contributed by atoms with Gasteiger partial charge in [-0.2, -0.15) is 5.10 Å². The lowest BCUT2D eigenvalue weighted by Gasteiger charge is -2.08. The molecule has 0 atom stereocenters. The zero-order valence-electron chi connectivity index (χ0n) is 19.5. The van der Waals surface area contributed by atoms with Crippen LogP contribution in [-0.2, 0) is 13.6 Å². The smallest absolute Gasteiger partial charge is 0.136 e. The Morgan fingerprint density at radius 3 is 2.58 bits per heavy atom. The molecule has 0 radical (unpaired) electrons. The number of hydrogen-bond donors (Lipinski definition) is 1. The number of aryl methyl sites for hydroxylation is 2. The van der Waals surface area contributed by atoms with E-state index in [2.05, 4.69) is 40.7 Å². The molecule has 0 spiro atoms. The maximum atomic E-state index is 14.9. The zero-order valence-corrected chi connectivity index (χ0v) is 19.5. The summed E-state index contributed by atoms with van der Waals surface area (Å²) < 4.78 is 22.5. The van der Waals surface area contributed by atoms with Gasteiger partial charge in [0.2, 0.25) is 0 Å². The van der Waals surface area contributed by atoms with E-state index in [-0.39, 0.29) is 5.82 Å². The van der Waals surface area contributed by atoms with Crippen LogP contribution < -0.4 is 10.1 Å². The minimum absolute atomic E-state index is 0.308. The fourth-order valence-corrected chi connectivity index (χ4v) is 4.07. The maximum absolute atomic E-state index is 14.9. The Labute approximate surface area is 195 Å². The number of nitrogens with zero attached hydrogens (tertiary/aromatic N) is 2. The van der Waals surface area contributed by atoms with E-state index in [0.717, 1.165) is 55.2 Å².